The molecule has 0 fully saturated rings. The van der Waals surface area contributed by atoms with Gasteiger partial charge in [-0.3, -0.25) is 0 Å². The molecule has 1 aromatic carbocycles. The zero-order chi connectivity index (χ0) is 13.7. The van der Waals surface area contributed by atoms with Crippen molar-refractivity contribution < 1.29 is 14.1 Å². The molecule has 0 saturated heterocycles. The number of nitrogens with two attached hydrogens (primary N) is 1. The SMILES string of the molecule is CCOC(=O)c1cc(N)ccc1NCc1ccno1. The van der Waals surface area contributed by atoms with Gasteiger partial charge in [0.05, 0.1) is 24.9 Å². The fourth-order valence-electron chi connectivity index (χ4n) is 1.61. The normalized spacial score (nSPS) is 10.2. The molecule has 100 valence electrons. The van der Waals surface area contributed by atoms with Gasteiger partial charge >= 0.3 is 5.97 Å². The molecule has 2 rings (SSSR count). The Morgan fingerprint density at radius 2 is 2.32 bits per heavy atom. The first kappa shape index (κ1) is 12.9. The van der Waals surface area contributed by atoms with Gasteiger partial charge in [0.25, 0.3) is 0 Å². The zero-order valence-corrected chi connectivity index (χ0v) is 10.6. The predicted molar refractivity (Wildman–Crippen MR) is 70.6 cm³/mol. The van der Waals surface area contributed by atoms with E-state index < -0.39 is 5.97 Å². The van der Waals surface area contributed by atoms with E-state index in [4.69, 9.17) is 15.0 Å². The summed E-state index contributed by atoms with van der Waals surface area (Å²) in [6, 6.07) is 6.78. The summed E-state index contributed by atoms with van der Waals surface area (Å²) in [7, 11) is 0. The summed E-state index contributed by atoms with van der Waals surface area (Å²) in [5.74, 6) is 0.265. The summed E-state index contributed by atoms with van der Waals surface area (Å²) in [6.07, 6.45) is 1.56. The van der Waals surface area contributed by atoms with Crippen molar-refractivity contribution in [3.05, 3.63) is 41.8 Å². The fraction of sp³-hybridized carbons (Fsp3) is 0.231. The van der Waals surface area contributed by atoms with Gasteiger partial charge in [0.1, 0.15) is 0 Å². The number of esters is 1. The van der Waals surface area contributed by atoms with E-state index in [1.807, 2.05) is 0 Å². The number of benzene rings is 1. The maximum absolute atomic E-state index is 11.8. The van der Waals surface area contributed by atoms with Gasteiger partial charge in [0.15, 0.2) is 5.76 Å². The Morgan fingerprint density at radius 1 is 1.47 bits per heavy atom. The van der Waals surface area contributed by atoms with Crippen LogP contribution in [0.2, 0.25) is 0 Å². The quantitative estimate of drug-likeness (QED) is 0.632. The Kier molecular flexibility index (Phi) is 4.02. The first-order valence-electron chi connectivity index (χ1n) is 5.90. The molecule has 6 nitrogen and oxygen atoms in total. The van der Waals surface area contributed by atoms with E-state index in [9.17, 15) is 4.79 Å². The van der Waals surface area contributed by atoms with Crippen molar-refractivity contribution in [3.63, 3.8) is 0 Å². The van der Waals surface area contributed by atoms with E-state index in [0.29, 0.717) is 35.9 Å². The number of anilines is 2. The second-order valence-electron chi connectivity index (χ2n) is 3.86. The summed E-state index contributed by atoms with van der Waals surface area (Å²) < 4.78 is 9.96. The molecule has 0 saturated carbocycles. The summed E-state index contributed by atoms with van der Waals surface area (Å²) in [4.78, 5) is 11.8. The number of ether oxygens (including phenoxy) is 1. The van der Waals surface area contributed by atoms with E-state index in [2.05, 4.69) is 10.5 Å². The number of carbonyl (C=O) groups is 1. The molecule has 2 aromatic rings. The smallest absolute Gasteiger partial charge is 0.340 e. The van der Waals surface area contributed by atoms with Crippen LogP contribution in [0.5, 0.6) is 0 Å². The molecule has 0 spiro atoms. The number of carbonyl (C=O) groups excluding carboxylic acids is 1. The Labute approximate surface area is 110 Å². The molecule has 0 aliphatic carbocycles. The zero-order valence-electron chi connectivity index (χ0n) is 10.6. The molecule has 1 aromatic heterocycles. The second kappa shape index (κ2) is 5.90. The Balaban J connectivity index is 2.16. The largest absolute Gasteiger partial charge is 0.462 e. The highest BCUT2D eigenvalue weighted by Crippen LogP contribution is 2.20. The molecule has 6 heteroatoms. The predicted octanol–water partition coefficient (Wildman–Crippen LogP) is 2.05. The topological polar surface area (TPSA) is 90.4 Å². The number of nitrogens with one attached hydrogen (secondary N) is 1. The van der Waals surface area contributed by atoms with Crippen LogP contribution >= 0.6 is 0 Å². The third kappa shape index (κ3) is 3.25. The molecule has 0 atom stereocenters. The van der Waals surface area contributed by atoms with E-state index in [-0.39, 0.29) is 0 Å². The highest BCUT2D eigenvalue weighted by atomic mass is 16.5. The van der Waals surface area contributed by atoms with Gasteiger partial charge in [-0.1, -0.05) is 5.16 Å². The molecule has 1 heterocycles. The minimum Gasteiger partial charge on any atom is -0.462 e. The molecule has 0 aliphatic rings. The van der Waals surface area contributed by atoms with Crippen molar-refractivity contribution in [3.8, 4) is 0 Å². The summed E-state index contributed by atoms with van der Waals surface area (Å²) >= 11 is 0. The van der Waals surface area contributed by atoms with Crippen molar-refractivity contribution in [2.45, 2.75) is 13.5 Å². The van der Waals surface area contributed by atoms with Gasteiger partial charge < -0.3 is 20.3 Å². The lowest BCUT2D eigenvalue weighted by atomic mass is 10.1. The van der Waals surface area contributed by atoms with Crippen molar-refractivity contribution in [1.82, 2.24) is 5.16 Å². The average molecular weight is 261 g/mol. The lowest BCUT2D eigenvalue weighted by molar-refractivity contribution is 0.0527. The second-order valence-corrected chi connectivity index (χ2v) is 3.86. The Hall–Kier alpha value is -2.50. The van der Waals surface area contributed by atoms with Gasteiger partial charge in [0.2, 0.25) is 0 Å². The monoisotopic (exact) mass is 261 g/mol. The first-order valence-corrected chi connectivity index (χ1v) is 5.90. The van der Waals surface area contributed by atoms with Crippen LogP contribution in [0.15, 0.2) is 35.0 Å². The number of nitrogens with zero attached hydrogens (tertiary/aromatic N) is 1. The highest BCUT2D eigenvalue weighted by Gasteiger charge is 2.13. The lowest BCUT2D eigenvalue weighted by Gasteiger charge is -2.11. The van der Waals surface area contributed by atoms with E-state index in [1.54, 1.807) is 37.4 Å². The number of nitrogen functional groups attached to an aromatic ring is 1. The molecular weight excluding hydrogens is 246 g/mol. The van der Waals surface area contributed by atoms with Crippen LogP contribution in [0, 0.1) is 0 Å². The fourth-order valence-corrected chi connectivity index (χ4v) is 1.61. The number of hydrogen-bond acceptors (Lipinski definition) is 6. The van der Waals surface area contributed by atoms with E-state index >= 15 is 0 Å². The number of aromatic nitrogens is 1. The maximum atomic E-state index is 11.8. The van der Waals surface area contributed by atoms with Crippen molar-refractivity contribution in [1.29, 1.82) is 0 Å². The molecule has 0 bridgehead atoms. The van der Waals surface area contributed by atoms with Crippen LogP contribution < -0.4 is 11.1 Å². The highest BCUT2D eigenvalue weighted by molar-refractivity contribution is 5.96. The molecule has 0 aliphatic heterocycles. The van der Waals surface area contributed by atoms with E-state index in [1.165, 1.54) is 0 Å². The Morgan fingerprint density at radius 3 is 3.00 bits per heavy atom. The van der Waals surface area contributed by atoms with Gasteiger partial charge in [-0.25, -0.2) is 4.79 Å². The average Bonchev–Trinajstić information content (AvgIpc) is 2.90. The van der Waals surface area contributed by atoms with Crippen LogP contribution in [-0.4, -0.2) is 17.7 Å². The van der Waals surface area contributed by atoms with E-state index in [0.717, 1.165) is 0 Å². The van der Waals surface area contributed by atoms with Crippen molar-refractivity contribution in [2.75, 3.05) is 17.7 Å². The standard InChI is InChI=1S/C13H15N3O3/c1-2-18-13(17)11-7-9(14)3-4-12(11)15-8-10-5-6-16-19-10/h3-7,15H,2,8,14H2,1H3. The number of hydrogen-bond donors (Lipinski definition) is 2. The van der Waals surface area contributed by atoms with Crippen LogP contribution in [0.3, 0.4) is 0 Å². The summed E-state index contributed by atoms with van der Waals surface area (Å²) in [6.45, 7) is 2.50. The van der Waals surface area contributed by atoms with Crippen LogP contribution in [0.1, 0.15) is 23.0 Å². The van der Waals surface area contributed by atoms with Crippen LogP contribution in [0.25, 0.3) is 0 Å². The molecule has 3 N–H and O–H groups in total. The first-order chi connectivity index (χ1) is 9.20. The van der Waals surface area contributed by atoms with Gasteiger partial charge in [-0.2, -0.15) is 0 Å². The minimum absolute atomic E-state index is 0.315. The third-order valence-electron chi connectivity index (χ3n) is 2.48. The molecule has 0 unspecified atom stereocenters. The Bertz CT molecular complexity index is 552. The summed E-state index contributed by atoms with van der Waals surface area (Å²) in [5, 5.41) is 6.70. The molecule has 19 heavy (non-hydrogen) atoms. The van der Waals surface area contributed by atoms with Gasteiger partial charge in [-0.05, 0) is 25.1 Å². The maximum Gasteiger partial charge on any atom is 0.340 e. The van der Waals surface area contributed by atoms with Crippen LogP contribution in [-0.2, 0) is 11.3 Å². The van der Waals surface area contributed by atoms with Crippen molar-refractivity contribution >= 4 is 17.3 Å². The van der Waals surface area contributed by atoms with Gasteiger partial charge in [0, 0.05) is 17.4 Å². The molecule has 0 radical (unpaired) electrons. The third-order valence-corrected chi connectivity index (χ3v) is 2.48. The van der Waals surface area contributed by atoms with Crippen LogP contribution in [0.4, 0.5) is 11.4 Å². The summed E-state index contributed by atoms with van der Waals surface area (Å²) in [5.41, 5.74) is 7.24. The molecular formula is C13H15N3O3. The minimum atomic E-state index is -0.408. The van der Waals surface area contributed by atoms with Gasteiger partial charge in [-0.15, -0.1) is 0 Å². The van der Waals surface area contributed by atoms with Crippen molar-refractivity contribution in [2.24, 2.45) is 0 Å². The molecule has 0 amide bonds. The lowest BCUT2D eigenvalue weighted by Crippen LogP contribution is -2.10. The number of rotatable bonds is 5.